The summed E-state index contributed by atoms with van der Waals surface area (Å²) in [6.45, 7) is 6.44. The normalized spacial score (nSPS) is 10.5. The summed E-state index contributed by atoms with van der Waals surface area (Å²) in [5.41, 5.74) is 3.23. The lowest BCUT2D eigenvalue weighted by atomic mass is 10.2. The van der Waals surface area contributed by atoms with Gasteiger partial charge in [0.2, 0.25) is 0 Å². The minimum absolute atomic E-state index is 0.708. The summed E-state index contributed by atoms with van der Waals surface area (Å²) < 4.78 is 1.84. The van der Waals surface area contributed by atoms with Crippen molar-refractivity contribution in [1.82, 2.24) is 15.0 Å². The summed E-state index contributed by atoms with van der Waals surface area (Å²) in [4.78, 5) is 0. The first-order chi connectivity index (χ1) is 6.31. The van der Waals surface area contributed by atoms with Crippen molar-refractivity contribution in [2.45, 2.75) is 13.5 Å². The number of aryl methyl sites for hydroxylation is 1. The van der Waals surface area contributed by atoms with Crippen molar-refractivity contribution in [3.8, 4) is 0 Å². The van der Waals surface area contributed by atoms with Crippen LogP contribution < -0.4 is 0 Å². The van der Waals surface area contributed by atoms with Gasteiger partial charge in [0.25, 0.3) is 0 Å². The zero-order valence-corrected chi connectivity index (χ0v) is 7.57. The molecule has 1 heterocycles. The molecule has 0 spiro atoms. The summed E-state index contributed by atoms with van der Waals surface area (Å²) in [5, 5.41) is 8.07. The van der Waals surface area contributed by atoms with Crippen LogP contribution in [0.15, 0.2) is 30.9 Å². The highest BCUT2D eigenvalue weighted by molar-refractivity contribution is 5.74. The van der Waals surface area contributed by atoms with Crippen molar-refractivity contribution in [2.75, 3.05) is 0 Å². The molecule has 13 heavy (non-hydrogen) atoms. The minimum Gasteiger partial charge on any atom is -0.241 e. The number of fused-ring (bicyclic) bond motifs is 1. The van der Waals surface area contributed by atoms with Gasteiger partial charge in [-0.1, -0.05) is 17.4 Å². The van der Waals surface area contributed by atoms with E-state index in [9.17, 15) is 0 Å². The molecular weight excluding hydrogens is 162 g/mol. The molecule has 0 saturated heterocycles. The van der Waals surface area contributed by atoms with E-state index in [-0.39, 0.29) is 0 Å². The van der Waals surface area contributed by atoms with Crippen LogP contribution >= 0.6 is 0 Å². The van der Waals surface area contributed by atoms with E-state index in [1.807, 2.05) is 22.9 Å². The summed E-state index contributed by atoms with van der Waals surface area (Å²) in [7, 11) is 0. The molecule has 0 unspecified atom stereocenters. The van der Waals surface area contributed by atoms with Crippen LogP contribution in [0.25, 0.3) is 11.0 Å². The van der Waals surface area contributed by atoms with Crippen molar-refractivity contribution in [1.29, 1.82) is 0 Å². The molecule has 0 atom stereocenters. The van der Waals surface area contributed by atoms with Gasteiger partial charge in [0.1, 0.15) is 5.52 Å². The van der Waals surface area contributed by atoms with Crippen LogP contribution in [0, 0.1) is 6.92 Å². The van der Waals surface area contributed by atoms with E-state index in [4.69, 9.17) is 0 Å². The Labute approximate surface area is 76.7 Å². The lowest BCUT2D eigenvalue weighted by Gasteiger charge is -1.97. The van der Waals surface area contributed by atoms with Crippen molar-refractivity contribution in [3.63, 3.8) is 0 Å². The first kappa shape index (κ1) is 7.98. The third-order valence-electron chi connectivity index (χ3n) is 1.97. The van der Waals surface area contributed by atoms with Crippen molar-refractivity contribution >= 4 is 11.0 Å². The first-order valence-electron chi connectivity index (χ1n) is 4.22. The smallest absolute Gasteiger partial charge is 0.113 e. The molecule has 2 rings (SSSR count). The van der Waals surface area contributed by atoms with Crippen LogP contribution in [0.4, 0.5) is 0 Å². The van der Waals surface area contributed by atoms with Crippen molar-refractivity contribution in [3.05, 3.63) is 36.4 Å². The van der Waals surface area contributed by atoms with E-state index in [0.717, 1.165) is 11.0 Å². The van der Waals surface area contributed by atoms with Gasteiger partial charge in [-0.3, -0.25) is 0 Å². The summed E-state index contributed by atoms with van der Waals surface area (Å²) in [6.07, 6.45) is 1.82. The van der Waals surface area contributed by atoms with Gasteiger partial charge in [-0.25, -0.2) is 4.68 Å². The number of allylic oxidation sites excluding steroid dienone is 1. The number of hydrogen-bond acceptors (Lipinski definition) is 2. The number of aromatic nitrogens is 3. The summed E-state index contributed by atoms with van der Waals surface area (Å²) in [5.74, 6) is 0. The Morgan fingerprint density at radius 3 is 3.15 bits per heavy atom. The van der Waals surface area contributed by atoms with Crippen molar-refractivity contribution < 1.29 is 0 Å². The molecule has 66 valence electrons. The van der Waals surface area contributed by atoms with E-state index < -0.39 is 0 Å². The average molecular weight is 173 g/mol. The van der Waals surface area contributed by atoms with Crippen LogP contribution in [-0.4, -0.2) is 15.0 Å². The van der Waals surface area contributed by atoms with Crippen LogP contribution in [0.1, 0.15) is 5.56 Å². The molecule has 2 aromatic rings. The molecule has 3 nitrogen and oxygen atoms in total. The fourth-order valence-corrected chi connectivity index (χ4v) is 1.33. The van der Waals surface area contributed by atoms with Crippen LogP contribution in [0.2, 0.25) is 0 Å². The Kier molecular flexibility index (Phi) is 1.85. The third kappa shape index (κ3) is 1.33. The monoisotopic (exact) mass is 173 g/mol. The quantitative estimate of drug-likeness (QED) is 0.649. The van der Waals surface area contributed by atoms with Gasteiger partial charge in [0, 0.05) is 0 Å². The molecule has 0 aliphatic carbocycles. The number of nitrogens with zero attached hydrogens (tertiary/aromatic N) is 3. The topological polar surface area (TPSA) is 30.7 Å². The lowest BCUT2D eigenvalue weighted by Crippen LogP contribution is -1.96. The molecule has 0 aliphatic rings. The van der Waals surface area contributed by atoms with E-state index in [1.54, 1.807) is 0 Å². The second-order valence-corrected chi connectivity index (χ2v) is 3.05. The zero-order valence-electron chi connectivity index (χ0n) is 7.57. The highest BCUT2D eigenvalue weighted by Crippen LogP contribution is 2.12. The third-order valence-corrected chi connectivity index (χ3v) is 1.97. The molecule has 0 fully saturated rings. The van der Waals surface area contributed by atoms with Gasteiger partial charge in [0.15, 0.2) is 0 Å². The predicted octanol–water partition coefficient (Wildman–Crippen LogP) is 1.93. The van der Waals surface area contributed by atoms with E-state index in [2.05, 4.69) is 29.9 Å². The molecule has 0 radical (unpaired) electrons. The molecular formula is C10H11N3. The van der Waals surface area contributed by atoms with Gasteiger partial charge in [0.05, 0.1) is 12.1 Å². The molecule has 3 heteroatoms. The molecule has 0 amide bonds. The fraction of sp³-hybridized carbons (Fsp3) is 0.200. The second kappa shape index (κ2) is 3.01. The zero-order chi connectivity index (χ0) is 9.26. The standard InChI is InChI=1S/C10H11N3/c1-3-6-13-10-7-8(2)4-5-9(10)11-12-13/h3-5,7H,1,6H2,2H3. The van der Waals surface area contributed by atoms with Crippen molar-refractivity contribution in [2.24, 2.45) is 0 Å². The Morgan fingerprint density at radius 2 is 2.38 bits per heavy atom. The van der Waals surface area contributed by atoms with Crippen LogP contribution in [0.3, 0.4) is 0 Å². The van der Waals surface area contributed by atoms with Gasteiger partial charge in [-0.05, 0) is 24.6 Å². The van der Waals surface area contributed by atoms with Crippen LogP contribution in [-0.2, 0) is 6.54 Å². The molecule has 1 aromatic heterocycles. The molecule has 0 bridgehead atoms. The Balaban J connectivity index is 2.64. The maximum atomic E-state index is 4.04. The van der Waals surface area contributed by atoms with E-state index in [1.165, 1.54) is 5.56 Å². The lowest BCUT2D eigenvalue weighted by molar-refractivity contribution is 0.683. The Hall–Kier alpha value is -1.64. The summed E-state index contributed by atoms with van der Waals surface area (Å²) >= 11 is 0. The largest absolute Gasteiger partial charge is 0.241 e. The molecule has 0 saturated carbocycles. The SMILES string of the molecule is C=CCn1nnc2ccc(C)cc21. The highest BCUT2D eigenvalue weighted by Gasteiger charge is 2.01. The maximum absolute atomic E-state index is 4.04. The Morgan fingerprint density at radius 1 is 1.54 bits per heavy atom. The van der Waals surface area contributed by atoms with E-state index in [0.29, 0.717) is 6.54 Å². The first-order valence-corrected chi connectivity index (χ1v) is 4.22. The Bertz CT molecular complexity index is 442. The summed E-state index contributed by atoms with van der Waals surface area (Å²) in [6, 6.07) is 6.10. The number of rotatable bonds is 2. The van der Waals surface area contributed by atoms with Gasteiger partial charge in [-0.2, -0.15) is 0 Å². The van der Waals surface area contributed by atoms with Crippen LogP contribution in [0.5, 0.6) is 0 Å². The second-order valence-electron chi connectivity index (χ2n) is 3.05. The minimum atomic E-state index is 0.708. The highest BCUT2D eigenvalue weighted by atomic mass is 15.4. The van der Waals surface area contributed by atoms with Gasteiger partial charge < -0.3 is 0 Å². The van der Waals surface area contributed by atoms with Gasteiger partial charge in [-0.15, -0.1) is 11.7 Å². The molecule has 0 N–H and O–H groups in total. The van der Waals surface area contributed by atoms with Gasteiger partial charge >= 0.3 is 0 Å². The fourth-order valence-electron chi connectivity index (χ4n) is 1.33. The number of hydrogen-bond donors (Lipinski definition) is 0. The average Bonchev–Trinajstić information content (AvgIpc) is 2.49. The maximum Gasteiger partial charge on any atom is 0.113 e. The van der Waals surface area contributed by atoms with E-state index >= 15 is 0 Å². The molecule has 0 aliphatic heterocycles. The molecule has 1 aromatic carbocycles. The predicted molar refractivity (Wildman–Crippen MR) is 52.5 cm³/mol. The number of benzene rings is 1.